The highest BCUT2D eigenvalue weighted by atomic mass is 79.9. The fourth-order valence-corrected chi connectivity index (χ4v) is 3.52. The minimum Gasteiger partial charge on any atom is -0.491 e. The van der Waals surface area contributed by atoms with Crippen LogP contribution in [0, 0.1) is 5.41 Å². The van der Waals surface area contributed by atoms with Crippen LogP contribution >= 0.6 is 27.5 Å². The normalized spacial score (nSPS) is 13.1. The van der Waals surface area contributed by atoms with Crippen molar-refractivity contribution in [3.05, 3.63) is 67.6 Å². The van der Waals surface area contributed by atoms with Crippen LogP contribution in [0.5, 0.6) is 5.75 Å². The summed E-state index contributed by atoms with van der Waals surface area (Å²) in [7, 11) is 0. The molecule has 164 valence electrons. The van der Waals surface area contributed by atoms with Gasteiger partial charge in [0.15, 0.2) is 0 Å². The molecule has 7 heteroatoms. The summed E-state index contributed by atoms with van der Waals surface area (Å²) in [5, 5.41) is 5.50. The zero-order valence-corrected chi connectivity index (χ0v) is 20.8. The first-order chi connectivity index (χ1) is 14.6. The molecule has 1 atom stereocenters. The Hall–Kier alpha value is -2.18. The van der Waals surface area contributed by atoms with Gasteiger partial charge < -0.3 is 4.74 Å². The summed E-state index contributed by atoms with van der Waals surface area (Å²) >= 11 is 9.82. The average Bonchev–Trinajstić information content (AvgIpc) is 2.71. The monoisotopic (exact) mass is 503 g/mol. The quantitative estimate of drug-likeness (QED) is 0.354. The van der Waals surface area contributed by atoms with Crippen LogP contribution in [-0.2, 0) is 0 Å². The van der Waals surface area contributed by atoms with Gasteiger partial charge in [0.1, 0.15) is 11.6 Å². The van der Waals surface area contributed by atoms with Gasteiger partial charge in [-0.05, 0) is 53.8 Å². The van der Waals surface area contributed by atoms with E-state index in [1.807, 2.05) is 31.2 Å². The average molecular weight is 505 g/mol. The molecule has 0 unspecified atom stereocenters. The Bertz CT molecular complexity index is 1180. The second-order valence-electron chi connectivity index (χ2n) is 8.84. The molecular formula is C24H27BrClN3O2. The van der Waals surface area contributed by atoms with Gasteiger partial charge in [-0.3, -0.25) is 4.79 Å². The summed E-state index contributed by atoms with van der Waals surface area (Å²) in [5.41, 5.74) is 1.27. The van der Waals surface area contributed by atoms with Crippen molar-refractivity contribution in [1.29, 1.82) is 0 Å². The van der Waals surface area contributed by atoms with E-state index in [-0.39, 0.29) is 16.9 Å². The number of nitrogens with zero attached hydrogens (tertiary/aromatic N) is 3. The molecule has 0 spiro atoms. The molecule has 0 saturated carbocycles. The molecule has 0 amide bonds. The fraction of sp³-hybridized carbons (Fsp3) is 0.375. The van der Waals surface area contributed by atoms with Crippen molar-refractivity contribution in [2.24, 2.45) is 10.5 Å². The maximum Gasteiger partial charge on any atom is 0.282 e. The smallest absolute Gasteiger partial charge is 0.282 e. The van der Waals surface area contributed by atoms with Crippen molar-refractivity contribution in [2.45, 2.75) is 47.0 Å². The largest absolute Gasteiger partial charge is 0.491 e. The van der Waals surface area contributed by atoms with Crippen molar-refractivity contribution >= 4 is 44.6 Å². The molecule has 0 aliphatic rings. The SMILES string of the molecule is CC[C@H](C)c1nc2ccc(Br)cc2c(=O)n1N=Cc1ccc(OCC(C)(C)C)c(Cl)c1. The topological polar surface area (TPSA) is 56.5 Å². The van der Waals surface area contributed by atoms with Crippen LogP contribution in [0.1, 0.15) is 58.3 Å². The molecule has 0 aliphatic carbocycles. The van der Waals surface area contributed by atoms with Crippen molar-refractivity contribution in [3.8, 4) is 5.75 Å². The van der Waals surface area contributed by atoms with Gasteiger partial charge in [0.05, 0.1) is 28.7 Å². The number of aromatic nitrogens is 2. The molecule has 0 fully saturated rings. The van der Waals surface area contributed by atoms with Gasteiger partial charge in [-0.15, -0.1) is 0 Å². The Morgan fingerprint density at radius 1 is 1.26 bits per heavy atom. The second-order valence-corrected chi connectivity index (χ2v) is 10.2. The number of fused-ring (bicyclic) bond motifs is 1. The van der Waals surface area contributed by atoms with Gasteiger partial charge in [-0.1, -0.05) is 62.1 Å². The Labute approximate surface area is 196 Å². The van der Waals surface area contributed by atoms with E-state index in [0.29, 0.717) is 34.1 Å². The zero-order chi connectivity index (χ0) is 22.8. The Balaban J connectivity index is 1.99. The molecule has 2 aromatic carbocycles. The number of halogens is 2. The molecule has 31 heavy (non-hydrogen) atoms. The van der Waals surface area contributed by atoms with Crippen molar-refractivity contribution < 1.29 is 4.74 Å². The number of hydrogen-bond donors (Lipinski definition) is 0. The fourth-order valence-electron chi connectivity index (χ4n) is 2.91. The van der Waals surface area contributed by atoms with Crippen molar-refractivity contribution in [1.82, 2.24) is 9.66 Å². The molecule has 3 rings (SSSR count). The van der Waals surface area contributed by atoms with Crippen LogP contribution in [0.25, 0.3) is 10.9 Å². The Kier molecular flexibility index (Phi) is 7.22. The second kappa shape index (κ2) is 9.53. The van der Waals surface area contributed by atoms with Gasteiger partial charge in [-0.2, -0.15) is 9.78 Å². The van der Waals surface area contributed by atoms with E-state index in [2.05, 4.69) is 48.7 Å². The van der Waals surface area contributed by atoms with E-state index in [0.717, 1.165) is 16.5 Å². The van der Waals surface area contributed by atoms with Gasteiger partial charge in [-0.25, -0.2) is 4.98 Å². The van der Waals surface area contributed by atoms with Crippen LogP contribution in [0.2, 0.25) is 5.02 Å². The van der Waals surface area contributed by atoms with Gasteiger partial charge >= 0.3 is 0 Å². The van der Waals surface area contributed by atoms with Crippen LogP contribution in [0.15, 0.2) is 50.8 Å². The highest BCUT2D eigenvalue weighted by Gasteiger charge is 2.16. The summed E-state index contributed by atoms with van der Waals surface area (Å²) in [6.45, 7) is 11.0. The van der Waals surface area contributed by atoms with Gasteiger partial charge in [0.2, 0.25) is 0 Å². The number of rotatable bonds is 6. The Morgan fingerprint density at radius 3 is 2.65 bits per heavy atom. The lowest BCUT2D eigenvalue weighted by Crippen LogP contribution is -2.23. The maximum atomic E-state index is 13.2. The molecule has 0 radical (unpaired) electrons. The summed E-state index contributed by atoms with van der Waals surface area (Å²) in [6.07, 6.45) is 2.47. The van der Waals surface area contributed by atoms with Crippen molar-refractivity contribution in [2.75, 3.05) is 6.61 Å². The van der Waals surface area contributed by atoms with Crippen molar-refractivity contribution in [3.63, 3.8) is 0 Å². The molecule has 5 nitrogen and oxygen atoms in total. The lowest BCUT2D eigenvalue weighted by atomic mass is 9.99. The van der Waals surface area contributed by atoms with E-state index in [9.17, 15) is 4.79 Å². The molecule has 0 N–H and O–H groups in total. The number of hydrogen-bond acceptors (Lipinski definition) is 4. The Morgan fingerprint density at radius 2 is 2.00 bits per heavy atom. The first-order valence-electron chi connectivity index (χ1n) is 10.3. The molecule has 1 aromatic heterocycles. The lowest BCUT2D eigenvalue weighted by Gasteiger charge is -2.19. The first kappa shape index (κ1) is 23.5. The third-order valence-electron chi connectivity index (χ3n) is 4.83. The van der Waals surface area contributed by atoms with Crippen LogP contribution in [0.4, 0.5) is 0 Å². The van der Waals surface area contributed by atoms with Crippen LogP contribution in [0.3, 0.4) is 0 Å². The molecule has 0 saturated heterocycles. The van der Waals surface area contributed by atoms with Crippen LogP contribution in [-0.4, -0.2) is 22.5 Å². The predicted octanol–water partition coefficient (Wildman–Crippen LogP) is 6.63. The minimum absolute atomic E-state index is 0.0368. The van der Waals surface area contributed by atoms with E-state index in [1.165, 1.54) is 4.68 Å². The molecule has 1 heterocycles. The molecular weight excluding hydrogens is 478 g/mol. The summed E-state index contributed by atoms with van der Waals surface area (Å²) in [6, 6.07) is 11.0. The lowest BCUT2D eigenvalue weighted by molar-refractivity contribution is 0.198. The predicted molar refractivity (Wildman–Crippen MR) is 132 cm³/mol. The molecule has 0 bridgehead atoms. The van der Waals surface area contributed by atoms with E-state index in [4.69, 9.17) is 21.3 Å². The maximum absolute atomic E-state index is 13.2. The third-order valence-corrected chi connectivity index (χ3v) is 5.61. The zero-order valence-electron chi connectivity index (χ0n) is 18.4. The summed E-state index contributed by atoms with van der Waals surface area (Å²) in [4.78, 5) is 17.9. The number of ether oxygens (including phenoxy) is 1. The van der Waals surface area contributed by atoms with Gasteiger partial charge in [0, 0.05) is 10.4 Å². The third kappa shape index (κ3) is 5.74. The number of benzene rings is 2. The van der Waals surface area contributed by atoms with E-state index >= 15 is 0 Å². The molecule has 0 aliphatic heterocycles. The van der Waals surface area contributed by atoms with E-state index < -0.39 is 0 Å². The summed E-state index contributed by atoms with van der Waals surface area (Å²) < 4.78 is 8.03. The van der Waals surface area contributed by atoms with E-state index in [1.54, 1.807) is 18.3 Å². The highest BCUT2D eigenvalue weighted by molar-refractivity contribution is 9.10. The van der Waals surface area contributed by atoms with Gasteiger partial charge in [0.25, 0.3) is 5.56 Å². The highest BCUT2D eigenvalue weighted by Crippen LogP contribution is 2.27. The minimum atomic E-state index is -0.200. The molecule has 3 aromatic rings. The summed E-state index contributed by atoms with van der Waals surface area (Å²) in [5.74, 6) is 1.34. The first-order valence-corrected chi connectivity index (χ1v) is 11.4. The standard InChI is InChI=1S/C24H27BrClN3O2/c1-6-15(2)22-28-20-9-8-17(25)12-18(20)23(30)29(22)27-13-16-7-10-21(19(26)11-16)31-14-24(3,4)5/h7-13,15H,6,14H2,1-5H3/t15-/m0/s1. The van der Waals surface area contributed by atoms with Crippen LogP contribution < -0.4 is 10.3 Å².